The van der Waals surface area contributed by atoms with Crippen molar-refractivity contribution in [1.82, 2.24) is 16.0 Å². The van der Waals surface area contributed by atoms with E-state index in [9.17, 15) is 0 Å². The topological polar surface area (TPSA) is 54.5 Å². The van der Waals surface area contributed by atoms with E-state index in [-0.39, 0.29) is 11.6 Å². The molecule has 2 rings (SSSR count). The first-order valence-electron chi connectivity index (χ1n) is 8.30. The van der Waals surface area contributed by atoms with Crippen LogP contribution in [0.4, 0.5) is 0 Å². The minimum Gasteiger partial charge on any atom is -0.493 e. The van der Waals surface area contributed by atoms with Crippen molar-refractivity contribution in [2.24, 2.45) is 5.92 Å². The van der Waals surface area contributed by atoms with E-state index in [1.807, 2.05) is 39.3 Å². The third kappa shape index (κ3) is 3.57. The summed E-state index contributed by atoms with van der Waals surface area (Å²) in [5, 5.41) is 10.3. The zero-order valence-corrected chi connectivity index (χ0v) is 15.3. The van der Waals surface area contributed by atoms with Gasteiger partial charge < -0.3 is 25.4 Å². The Hall–Kier alpha value is -1.98. The van der Waals surface area contributed by atoms with Crippen molar-refractivity contribution in [3.05, 3.63) is 41.6 Å². The smallest absolute Gasteiger partial charge is 0.161 e. The SMILES string of the molecule is CNC1=CCCC(NC)(NC)C1/C=C\c1ccc(OC)c(OC)c1. The van der Waals surface area contributed by atoms with E-state index in [1.165, 1.54) is 5.70 Å². The zero-order valence-electron chi connectivity index (χ0n) is 15.3. The monoisotopic (exact) mass is 331 g/mol. The summed E-state index contributed by atoms with van der Waals surface area (Å²) >= 11 is 0. The van der Waals surface area contributed by atoms with E-state index in [0.717, 1.165) is 29.9 Å². The van der Waals surface area contributed by atoms with E-state index >= 15 is 0 Å². The van der Waals surface area contributed by atoms with Crippen molar-refractivity contribution in [2.75, 3.05) is 35.4 Å². The first kappa shape index (κ1) is 18.4. The van der Waals surface area contributed by atoms with E-state index in [2.05, 4.69) is 34.2 Å². The average molecular weight is 331 g/mol. The number of allylic oxidation sites excluding steroid dienone is 1. The summed E-state index contributed by atoms with van der Waals surface area (Å²) < 4.78 is 10.7. The molecule has 0 bridgehead atoms. The molecule has 1 unspecified atom stereocenters. The van der Waals surface area contributed by atoms with E-state index < -0.39 is 0 Å². The molecule has 1 atom stereocenters. The van der Waals surface area contributed by atoms with Crippen LogP contribution in [0.5, 0.6) is 11.5 Å². The van der Waals surface area contributed by atoms with Gasteiger partial charge in [0.25, 0.3) is 0 Å². The Morgan fingerprint density at radius 3 is 2.38 bits per heavy atom. The van der Waals surface area contributed by atoms with Crippen LogP contribution in [0.3, 0.4) is 0 Å². The standard InChI is InChI=1S/C19H29N3O2/c1-20-16-7-6-12-19(21-2,22-3)15(16)10-8-14-9-11-17(23-4)18(13-14)24-5/h7-11,13,15,20-22H,6,12H2,1-5H3/b10-8-. The molecule has 5 nitrogen and oxygen atoms in total. The number of benzene rings is 1. The quantitative estimate of drug-likeness (QED) is 0.670. The molecule has 1 aliphatic carbocycles. The Labute approximate surface area is 145 Å². The molecule has 1 aliphatic rings. The summed E-state index contributed by atoms with van der Waals surface area (Å²) in [6.07, 6.45) is 8.71. The predicted octanol–water partition coefficient (Wildman–Crippen LogP) is 2.37. The van der Waals surface area contributed by atoms with Crippen molar-refractivity contribution < 1.29 is 9.47 Å². The molecule has 0 aliphatic heterocycles. The predicted molar refractivity (Wildman–Crippen MR) is 99.3 cm³/mol. The van der Waals surface area contributed by atoms with Crippen LogP contribution in [0.15, 0.2) is 36.0 Å². The van der Waals surface area contributed by atoms with Gasteiger partial charge in [0.05, 0.1) is 19.9 Å². The molecule has 0 aromatic heterocycles. The van der Waals surface area contributed by atoms with Crippen LogP contribution in [0.1, 0.15) is 18.4 Å². The summed E-state index contributed by atoms with van der Waals surface area (Å²) in [6, 6.07) is 5.95. The van der Waals surface area contributed by atoms with Crippen molar-refractivity contribution in [2.45, 2.75) is 18.5 Å². The third-order valence-electron chi connectivity index (χ3n) is 4.84. The van der Waals surface area contributed by atoms with Crippen molar-refractivity contribution in [3.63, 3.8) is 0 Å². The van der Waals surface area contributed by atoms with Crippen molar-refractivity contribution in [3.8, 4) is 11.5 Å². The molecule has 1 aromatic rings. The maximum atomic E-state index is 5.39. The van der Waals surface area contributed by atoms with E-state index in [1.54, 1.807) is 14.2 Å². The fraction of sp³-hybridized carbons (Fsp3) is 0.474. The van der Waals surface area contributed by atoms with Crippen LogP contribution in [-0.2, 0) is 0 Å². The summed E-state index contributed by atoms with van der Waals surface area (Å²) in [7, 11) is 9.29. The Balaban J connectivity index is 2.33. The van der Waals surface area contributed by atoms with Gasteiger partial charge in [0.15, 0.2) is 11.5 Å². The number of hydrogen-bond acceptors (Lipinski definition) is 5. The van der Waals surface area contributed by atoms with E-state index in [0.29, 0.717) is 0 Å². The highest BCUT2D eigenvalue weighted by Gasteiger charge is 2.38. The lowest BCUT2D eigenvalue weighted by molar-refractivity contribution is 0.208. The van der Waals surface area contributed by atoms with Gasteiger partial charge in [0.1, 0.15) is 0 Å². The largest absolute Gasteiger partial charge is 0.493 e. The molecule has 5 heteroatoms. The Morgan fingerprint density at radius 1 is 1.08 bits per heavy atom. The molecule has 0 spiro atoms. The van der Waals surface area contributed by atoms with Gasteiger partial charge in [-0.2, -0.15) is 0 Å². The van der Waals surface area contributed by atoms with Gasteiger partial charge >= 0.3 is 0 Å². The maximum Gasteiger partial charge on any atom is 0.161 e. The lowest BCUT2D eigenvalue weighted by Crippen LogP contribution is -2.61. The molecule has 24 heavy (non-hydrogen) atoms. The van der Waals surface area contributed by atoms with Gasteiger partial charge in [0, 0.05) is 18.7 Å². The third-order valence-corrected chi connectivity index (χ3v) is 4.84. The summed E-state index contributed by atoms with van der Waals surface area (Å²) in [6.45, 7) is 0. The highest BCUT2D eigenvalue weighted by molar-refractivity contribution is 5.56. The van der Waals surface area contributed by atoms with Gasteiger partial charge in [-0.15, -0.1) is 0 Å². The van der Waals surface area contributed by atoms with Crippen LogP contribution in [0.2, 0.25) is 0 Å². The molecule has 0 fully saturated rings. The number of ether oxygens (including phenoxy) is 2. The molecule has 0 amide bonds. The number of rotatable bonds is 7. The normalized spacial score (nSPS) is 19.9. The van der Waals surface area contributed by atoms with Gasteiger partial charge in [-0.25, -0.2) is 0 Å². The molecule has 3 N–H and O–H groups in total. The fourth-order valence-corrected chi connectivity index (χ4v) is 3.38. The van der Waals surface area contributed by atoms with Crippen molar-refractivity contribution >= 4 is 6.08 Å². The average Bonchev–Trinajstić information content (AvgIpc) is 2.65. The zero-order chi connectivity index (χ0) is 17.6. The first-order chi connectivity index (χ1) is 11.6. The minimum atomic E-state index is -0.153. The van der Waals surface area contributed by atoms with Crippen LogP contribution < -0.4 is 25.4 Å². The Morgan fingerprint density at radius 2 is 1.79 bits per heavy atom. The van der Waals surface area contributed by atoms with E-state index in [4.69, 9.17) is 9.47 Å². The van der Waals surface area contributed by atoms with Crippen LogP contribution in [-0.4, -0.2) is 41.0 Å². The Bertz CT molecular complexity index is 607. The molecule has 0 saturated heterocycles. The highest BCUT2D eigenvalue weighted by Crippen LogP contribution is 2.33. The van der Waals surface area contributed by atoms with Gasteiger partial charge in [-0.1, -0.05) is 24.3 Å². The lowest BCUT2D eigenvalue weighted by atomic mass is 9.80. The molecule has 0 heterocycles. The molecular weight excluding hydrogens is 302 g/mol. The van der Waals surface area contributed by atoms with Gasteiger partial charge in [0.2, 0.25) is 0 Å². The number of methoxy groups -OCH3 is 2. The molecule has 0 radical (unpaired) electrons. The number of hydrogen-bond donors (Lipinski definition) is 3. The first-order valence-corrected chi connectivity index (χ1v) is 8.30. The Kier molecular flexibility index (Phi) is 6.29. The summed E-state index contributed by atoms with van der Waals surface area (Å²) in [5.74, 6) is 1.68. The highest BCUT2D eigenvalue weighted by atomic mass is 16.5. The second-order valence-electron chi connectivity index (χ2n) is 5.87. The molecule has 132 valence electrons. The fourth-order valence-electron chi connectivity index (χ4n) is 3.38. The second-order valence-corrected chi connectivity index (χ2v) is 5.87. The summed E-state index contributed by atoms with van der Waals surface area (Å²) in [5.41, 5.74) is 2.15. The maximum absolute atomic E-state index is 5.39. The van der Waals surface area contributed by atoms with Gasteiger partial charge in [-0.05, 0) is 44.6 Å². The summed E-state index contributed by atoms with van der Waals surface area (Å²) in [4.78, 5) is 0. The van der Waals surface area contributed by atoms with Crippen molar-refractivity contribution in [1.29, 1.82) is 0 Å². The molecule has 0 saturated carbocycles. The van der Waals surface area contributed by atoms with Crippen LogP contribution in [0, 0.1) is 5.92 Å². The van der Waals surface area contributed by atoms with Gasteiger partial charge in [-0.3, -0.25) is 0 Å². The molecule has 1 aromatic carbocycles. The molecular formula is C19H29N3O2. The van der Waals surface area contributed by atoms with Crippen LogP contribution >= 0.6 is 0 Å². The van der Waals surface area contributed by atoms with Crippen LogP contribution in [0.25, 0.3) is 6.08 Å². The lowest BCUT2D eigenvalue weighted by Gasteiger charge is -2.43. The number of nitrogens with one attached hydrogen (secondary N) is 3. The minimum absolute atomic E-state index is 0.153. The second kappa shape index (κ2) is 8.22.